The van der Waals surface area contributed by atoms with Crippen LogP contribution in [-0.4, -0.2) is 37.2 Å². The summed E-state index contributed by atoms with van der Waals surface area (Å²) in [7, 11) is -3.09. The number of sulfone groups is 1. The van der Waals surface area contributed by atoms with Gasteiger partial charge in [-0.05, 0) is 54.8 Å². The van der Waals surface area contributed by atoms with Crippen LogP contribution in [0, 0.1) is 19.7 Å². The second-order valence-electron chi connectivity index (χ2n) is 7.29. The maximum atomic E-state index is 13.3. The number of amidine groups is 1. The van der Waals surface area contributed by atoms with E-state index in [0.717, 1.165) is 22.0 Å². The van der Waals surface area contributed by atoms with Gasteiger partial charge in [-0.3, -0.25) is 4.99 Å². The number of hydrogen-bond acceptors (Lipinski definition) is 5. The third kappa shape index (κ3) is 3.80. The van der Waals surface area contributed by atoms with E-state index in [-0.39, 0.29) is 29.4 Å². The first-order valence-corrected chi connectivity index (χ1v) is 12.1. The second kappa shape index (κ2) is 7.35. The van der Waals surface area contributed by atoms with Crippen molar-refractivity contribution in [2.24, 2.45) is 4.99 Å². The molecule has 1 fully saturated rings. The van der Waals surface area contributed by atoms with Crippen molar-refractivity contribution in [3.05, 3.63) is 63.9 Å². The molecule has 4 rings (SSSR count). The Morgan fingerprint density at radius 2 is 1.96 bits per heavy atom. The number of anilines is 1. The summed E-state index contributed by atoms with van der Waals surface area (Å²) in [6.07, 6.45) is 0. The van der Waals surface area contributed by atoms with Crippen LogP contribution in [-0.2, 0) is 15.6 Å². The van der Waals surface area contributed by atoms with Gasteiger partial charge in [0.05, 0.1) is 23.6 Å². The van der Waals surface area contributed by atoms with E-state index in [9.17, 15) is 12.8 Å². The third-order valence-electron chi connectivity index (χ3n) is 5.25. The van der Waals surface area contributed by atoms with Crippen LogP contribution in [0.4, 0.5) is 10.1 Å². The van der Waals surface area contributed by atoms with Crippen LogP contribution in [0.15, 0.2) is 41.4 Å². The van der Waals surface area contributed by atoms with Crippen molar-refractivity contribution < 1.29 is 12.8 Å². The Balaban J connectivity index is 1.64. The number of halogens is 2. The van der Waals surface area contributed by atoms with Gasteiger partial charge in [-0.25, -0.2) is 12.8 Å². The Labute approximate surface area is 173 Å². The molecule has 0 aromatic heterocycles. The van der Waals surface area contributed by atoms with Gasteiger partial charge in [0.2, 0.25) is 0 Å². The van der Waals surface area contributed by atoms with Gasteiger partial charge in [-0.1, -0.05) is 35.5 Å². The Bertz CT molecular complexity index is 1070. The lowest BCUT2D eigenvalue weighted by atomic mass is 10.1. The standard InChI is InChI=1S/C20H20ClFN2O2S2/c1-12-3-6-16(7-13(12)2)24-19-11-28(25,26)10-18(19)23-20(24)27-9-14-4-5-15(22)8-17(14)21/h3-8,18-19H,9-11H2,1-2H3/t18-,19+/m1/s1. The number of aryl methyl sites for hydroxylation is 2. The van der Waals surface area contributed by atoms with Gasteiger partial charge < -0.3 is 4.90 Å². The molecule has 0 saturated carbocycles. The minimum Gasteiger partial charge on any atom is -0.315 e. The van der Waals surface area contributed by atoms with Crippen LogP contribution in [0.5, 0.6) is 0 Å². The fourth-order valence-corrected chi connectivity index (χ4v) is 6.88. The first kappa shape index (κ1) is 19.7. The highest BCUT2D eigenvalue weighted by Crippen LogP contribution is 2.37. The molecule has 4 nitrogen and oxygen atoms in total. The van der Waals surface area contributed by atoms with Crippen LogP contribution < -0.4 is 4.90 Å². The van der Waals surface area contributed by atoms with Crippen molar-refractivity contribution >= 4 is 44.1 Å². The topological polar surface area (TPSA) is 49.7 Å². The molecule has 0 spiro atoms. The molecule has 2 aliphatic rings. The van der Waals surface area contributed by atoms with Gasteiger partial charge in [0.1, 0.15) is 5.82 Å². The van der Waals surface area contributed by atoms with Gasteiger partial charge in [-0.2, -0.15) is 0 Å². The molecule has 1 saturated heterocycles. The van der Waals surface area contributed by atoms with E-state index in [1.807, 2.05) is 30.9 Å². The molecule has 2 heterocycles. The number of fused-ring (bicyclic) bond motifs is 1. The molecule has 8 heteroatoms. The zero-order chi connectivity index (χ0) is 20.1. The Morgan fingerprint density at radius 3 is 2.68 bits per heavy atom. The first-order valence-electron chi connectivity index (χ1n) is 8.95. The lowest BCUT2D eigenvalue weighted by Gasteiger charge is -2.27. The van der Waals surface area contributed by atoms with E-state index < -0.39 is 9.84 Å². The van der Waals surface area contributed by atoms with Crippen LogP contribution in [0.1, 0.15) is 16.7 Å². The Morgan fingerprint density at radius 1 is 1.18 bits per heavy atom. The minimum atomic E-state index is -3.09. The molecule has 2 aromatic carbocycles. The average Bonchev–Trinajstić information content (AvgIpc) is 3.08. The molecule has 2 atom stereocenters. The zero-order valence-electron chi connectivity index (χ0n) is 15.5. The van der Waals surface area contributed by atoms with Crippen LogP contribution in [0.3, 0.4) is 0 Å². The van der Waals surface area contributed by atoms with Crippen molar-refractivity contribution in [2.75, 3.05) is 16.4 Å². The van der Waals surface area contributed by atoms with E-state index in [1.165, 1.54) is 29.5 Å². The highest BCUT2D eigenvalue weighted by atomic mass is 35.5. The quantitative estimate of drug-likeness (QED) is 0.713. The molecule has 0 amide bonds. The molecule has 2 aliphatic heterocycles. The first-order chi connectivity index (χ1) is 13.2. The molecule has 0 aliphatic carbocycles. The molecule has 0 radical (unpaired) electrons. The van der Waals surface area contributed by atoms with E-state index in [0.29, 0.717) is 10.8 Å². The largest absolute Gasteiger partial charge is 0.315 e. The normalized spacial score (nSPS) is 23.0. The highest BCUT2D eigenvalue weighted by Gasteiger charge is 2.47. The van der Waals surface area contributed by atoms with E-state index in [1.54, 1.807) is 6.07 Å². The fraction of sp³-hybridized carbons (Fsp3) is 0.350. The third-order valence-corrected chi connectivity index (χ3v) is 8.31. The number of aliphatic imine (C=N–C) groups is 1. The smallest absolute Gasteiger partial charge is 0.164 e. The van der Waals surface area contributed by atoms with Gasteiger partial charge >= 0.3 is 0 Å². The van der Waals surface area contributed by atoms with Gasteiger partial charge in [0, 0.05) is 16.5 Å². The second-order valence-corrected chi connectivity index (χ2v) is 10.8. The number of thioether (sulfide) groups is 1. The van der Waals surface area contributed by atoms with Crippen molar-refractivity contribution in [1.82, 2.24) is 0 Å². The Kier molecular flexibility index (Phi) is 5.18. The van der Waals surface area contributed by atoms with Crippen molar-refractivity contribution in [3.63, 3.8) is 0 Å². The molecule has 0 unspecified atom stereocenters. The number of rotatable bonds is 3. The molecular weight excluding hydrogens is 419 g/mol. The fourth-order valence-electron chi connectivity index (χ4n) is 3.59. The molecule has 148 valence electrons. The monoisotopic (exact) mass is 438 g/mol. The van der Waals surface area contributed by atoms with Crippen molar-refractivity contribution in [3.8, 4) is 0 Å². The highest BCUT2D eigenvalue weighted by molar-refractivity contribution is 8.13. The molecular formula is C20H20ClFN2O2S2. The summed E-state index contributed by atoms with van der Waals surface area (Å²) < 4.78 is 37.6. The zero-order valence-corrected chi connectivity index (χ0v) is 17.9. The predicted octanol–water partition coefficient (Wildman–Crippen LogP) is 4.37. The summed E-state index contributed by atoms with van der Waals surface area (Å²) in [6.45, 7) is 4.09. The van der Waals surface area contributed by atoms with Gasteiger partial charge in [0.15, 0.2) is 15.0 Å². The number of nitrogens with zero attached hydrogens (tertiary/aromatic N) is 2. The minimum absolute atomic E-state index is 0.0837. The summed E-state index contributed by atoms with van der Waals surface area (Å²) >= 11 is 7.65. The lowest BCUT2D eigenvalue weighted by molar-refractivity contribution is 0.601. The molecule has 0 bridgehead atoms. The SMILES string of the molecule is Cc1ccc(N2C(SCc3ccc(F)cc3Cl)=N[C@@H]3CS(=O)(=O)C[C@@H]32)cc1C. The maximum Gasteiger partial charge on any atom is 0.164 e. The van der Waals surface area contributed by atoms with Crippen molar-refractivity contribution in [2.45, 2.75) is 31.7 Å². The average molecular weight is 439 g/mol. The van der Waals surface area contributed by atoms with E-state index >= 15 is 0 Å². The summed E-state index contributed by atoms with van der Waals surface area (Å²) in [4.78, 5) is 6.77. The summed E-state index contributed by atoms with van der Waals surface area (Å²) in [5, 5.41) is 1.17. The molecule has 2 aromatic rings. The summed E-state index contributed by atoms with van der Waals surface area (Å²) in [5.74, 6) is 0.356. The maximum absolute atomic E-state index is 13.3. The summed E-state index contributed by atoms with van der Waals surface area (Å²) in [5.41, 5.74) is 4.10. The predicted molar refractivity (Wildman–Crippen MR) is 115 cm³/mol. The van der Waals surface area contributed by atoms with E-state index in [2.05, 4.69) is 6.07 Å². The number of hydrogen-bond donors (Lipinski definition) is 0. The van der Waals surface area contributed by atoms with Crippen molar-refractivity contribution in [1.29, 1.82) is 0 Å². The van der Waals surface area contributed by atoms with Crippen LogP contribution in [0.25, 0.3) is 0 Å². The van der Waals surface area contributed by atoms with Gasteiger partial charge in [0.25, 0.3) is 0 Å². The summed E-state index contributed by atoms with van der Waals surface area (Å²) in [6, 6.07) is 10.1. The van der Waals surface area contributed by atoms with Crippen LogP contribution in [0.2, 0.25) is 5.02 Å². The van der Waals surface area contributed by atoms with Gasteiger partial charge in [-0.15, -0.1) is 0 Å². The Hall–Kier alpha value is -1.57. The van der Waals surface area contributed by atoms with E-state index in [4.69, 9.17) is 16.6 Å². The lowest BCUT2D eigenvalue weighted by Crippen LogP contribution is -2.39. The molecule has 0 N–H and O–H groups in total. The molecule has 28 heavy (non-hydrogen) atoms. The number of benzene rings is 2. The van der Waals surface area contributed by atoms with Crippen LogP contribution >= 0.6 is 23.4 Å².